The summed E-state index contributed by atoms with van der Waals surface area (Å²) in [7, 11) is 1.62. The van der Waals surface area contributed by atoms with Gasteiger partial charge in [0.15, 0.2) is 0 Å². The molecule has 2 saturated heterocycles. The van der Waals surface area contributed by atoms with Gasteiger partial charge in [0.05, 0.1) is 20.2 Å². The average Bonchev–Trinajstić information content (AvgIpc) is 3.05. The first-order valence-electron chi connectivity index (χ1n) is 8.69. The minimum Gasteiger partial charge on any atom is -0.481 e. The molecule has 1 atom stereocenters. The lowest BCUT2D eigenvalue weighted by molar-refractivity contribution is -0.0450. The van der Waals surface area contributed by atoms with E-state index in [2.05, 4.69) is 25.2 Å². The van der Waals surface area contributed by atoms with E-state index in [-0.39, 0.29) is 5.60 Å². The van der Waals surface area contributed by atoms with Crippen molar-refractivity contribution >= 4 is 11.6 Å². The first-order valence-corrected chi connectivity index (χ1v) is 8.69. The van der Waals surface area contributed by atoms with E-state index in [1.807, 2.05) is 30.5 Å². The quantitative estimate of drug-likeness (QED) is 0.861. The summed E-state index contributed by atoms with van der Waals surface area (Å²) in [5.41, 5.74) is -0.0377. The van der Waals surface area contributed by atoms with Gasteiger partial charge in [-0.2, -0.15) is 0 Å². The van der Waals surface area contributed by atoms with Gasteiger partial charge in [-0.25, -0.2) is 15.0 Å². The minimum atomic E-state index is -0.0377. The Labute approximate surface area is 147 Å². The zero-order valence-electron chi connectivity index (χ0n) is 14.4. The lowest BCUT2D eigenvalue weighted by atomic mass is 9.79. The van der Waals surface area contributed by atoms with Gasteiger partial charge in [0, 0.05) is 25.4 Å². The first-order chi connectivity index (χ1) is 12.3. The van der Waals surface area contributed by atoms with Crippen LogP contribution in [-0.2, 0) is 4.74 Å². The van der Waals surface area contributed by atoms with Gasteiger partial charge in [0.2, 0.25) is 5.88 Å². The van der Waals surface area contributed by atoms with Gasteiger partial charge in [-0.05, 0) is 30.9 Å². The van der Waals surface area contributed by atoms with Crippen molar-refractivity contribution in [3.63, 3.8) is 0 Å². The van der Waals surface area contributed by atoms with Crippen molar-refractivity contribution in [1.82, 2.24) is 15.0 Å². The summed E-state index contributed by atoms with van der Waals surface area (Å²) in [6, 6.07) is 7.79. The molecular weight excluding hydrogens is 318 g/mol. The molecule has 2 aromatic rings. The zero-order chi connectivity index (χ0) is 17.1. The molecule has 7 nitrogen and oxygen atoms in total. The van der Waals surface area contributed by atoms with Gasteiger partial charge in [-0.3, -0.25) is 0 Å². The van der Waals surface area contributed by atoms with Crippen LogP contribution in [0.15, 0.2) is 36.8 Å². The minimum absolute atomic E-state index is 0.0377. The Morgan fingerprint density at radius 2 is 2.24 bits per heavy atom. The molecule has 4 rings (SSSR count). The fourth-order valence-electron chi connectivity index (χ4n) is 3.76. The number of anilines is 2. The second kappa shape index (κ2) is 6.84. The summed E-state index contributed by atoms with van der Waals surface area (Å²) >= 11 is 0. The Kier molecular flexibility index (Phi) is 4.40. The van der Waals surface area contributed by atoms with Crippen LogP contribution in [0.5, 0.6) is 5.88 Å². The van der Waals surface area contributed by atoms with E-state index in [1.54, 1.807) is 13.4 Å². The van der Waals surface area contributed by atoms with Crippen molar-refractivity contribution in [3.05, 3.63) is 36.8 Å². The maximum absolute atomic E-state index is 6.14. The maximum Gasteiger partial charge on any atom is 0.218 e. The zero-order valence-corrected chi connectivity index (χ0v) is 14.4. The molecule has 2 aliphatic rings. The van der Waals surface area contributed by atoms with Gasteiger partial charge in [0.25, 0.3) is 0 Å². The standard InChI is InChI=1S/C18H23N5O2/c1-24-17-10-16(21-13-22-17)23-11-18(12-23)14(6-9-25-18)5-8-20-15-4-2-3-7-19-15/h2-4,7,10,13-14H,5-6,8-9,11-12H2,1H3,(H,19,20)/t14-/m0/s1. The van der Waals surface area contributed by atoms with E-state index in [1.165, 1.54) is 0 Å². The van der Waals surface area contributed by atoms with Crippen LogP contribution in [0.1, 0.15) is 12.8 Å². The molecule has 0 radical (unpaired) electrons. The Balaban J connectivity index is 1.33. The molecule has 0 saturated carbocycles. The number of nitrogens with one attached hydrogen (secondary N) is 1. The van der Waals surface area contributed by atoms with Crippen molar-refractivity contribution in [2.75, 3.05) is 43.6 Å². The molecule has 2 aliphatic heterocycles. The second-order valence-electron chi connectivity index (χ2n) is 6.60. The third-order valence-corrected chi connectivity index (χ3v) is 5.14. The molecule has 0 bridgehead atoms. The highest BCUT2D eigenvalue weighted by atomic mass is 16.5. The Hall–Kier alpha value is -2.41. The molecule has 4 heterocycles. The predicted octanol–water partition coefficient (Wildman–Crippen LogP) is 1.98. The van der Waals surface area contributed by atoms with Gasteiger partial charge >= 0.3 is 0 Å². The van der Waals surface area contributed by atoms with Crippen LogP contribution in [-0.4, -0.2) is 53.9 Å². The fourth-order valence-corrected chi connectivity index (χ4v) is 3.76. The molecule has 2 aromatic heterocycles. The molecule has 0 aliphatic carbocycles. The lowest BCUT2D eigenvalue weighted by Crippen LogP contribution is -2.65. The summed E-state index contributed by atoms with van der Waals surface area (Å²) in [4.78, 5) is 15.0. The van der Waals surface area contributed by atoms with Crippen LogP contribution < -0.4 is 15.0 Å². The molecule has 132 valence electrons. The molecule has 0 unspecified atom stereocenters. The van der Waals surface area contributed by atoms with Crippen LogP contribution in [0.3, 0.4) is 0 Å². The lowest BCUT2D eigenvalue weighted by Gasteiger charge is -2.50. The number of hydrogen-bond donors (Lipinski definition) is 1. The summed E-state index contributed by atoms with van der Waals surface area (Å²) < 4.78 is 11.3. The van der Waals surface area contributed by atoms with E-state index < -0.39 is 0 Å². The second-order valence-corrected chi connectivity index (χ2v) is 6.60. The summed E-state index contributed by atoms with van der Waals surface area (Å²) in [5.74, 6) is 2.98. The normalized spacial score (nSPS) is 21.2. The van der Waals surface area contributed by atoms with Gasteiger partial charge < -0.3 is 19.7 Å². The Morgan fingerprint density at radius 1 is 1.32 bits per heavy atom. The molecule has 1 spiro atoms. The van der Waals surface area contributed by atoms with Crippen molar-refractivity contribution in [3.8, 4) is 5.88 Å². The molecule has 25 heavy (non-hydrogen) atoms. The van der Waals surface area contributed by atoms with Crippen LogP contribution in [0.2, 0.25) is 0 Å². The highest BCUT2D eigenvalue weighted by Crippen LogP contribution is 2.43. The summed E-state index contributed by atoms with van der Waals surface area (Å²) in [6.07, 6.45) is 5.55. The molecule has 0 aromatic carbocycles. The van der Waals surface area contributed by atoms with Gasteiger partial charge in [0.1, 0.15) is 23.6 Å². The van der Waals surface area contributed by atoms with Gasteiger partial charge in [-0.15, -0.1) is 0 Å². The number of ether oxygens (including phenoxy) is 2. The first kappa shape index (κ1) is 16.1. The van der Waals surface area contributed by atoms with Crippen molar-refractivity contribution in [2.24, 2.45) is 5.92 Å². The smallest absolute Gasteiger partial charge is 0.218 e. The predicted molar refractivity (Wildman–Crippen MR) is 94.9 cm³/mol. The molecular formula is C18H23N5O2. The van der Waals surface area contributed by atoms with Crippen molar-refractivity contribution in [1.29, 1.82) is 0 Å². The summed E-state index contributed by atoms with van der Waals surface area (Å²) in [6.45, 7) is 3.51. The maximum atomic E-state index is 6.14. The number of hydrogen-bond acceptors (Lipinski definition) is 7. The van der Waals surface area contributed by atoms with Gasteiger partial charge in [-0.1, -0.05) is 6.07 Å². The number of pyridine rings is 1. The molecule has 0 amide bonds. The van der Waals surface area contributed by atoms with Crippen molar-refractivity contribution in [2.45, 2.75) is 18.4 Å². The average molecular weight is 341 g/mol. The SMILES string of the molecule is COc1cc(N2CC3(C2)OCC[C@@H]3CCNc2ccccn2)ncn1. The van der Waals surface area contributed by atoms with E-state index in [0.29, 0.717) is 11.8 Å². The van der Waals surface area contributed by atoms with Crippen LogP contribution in [0, 0.1) is 5.92 Å². The van der Waals surface area contributed by atoms with Crippen LogP contribution in [0.4, 0.5) is 11.6 Å². The van der Waals surface area contributed by atoms with E-state index >= 15 is 0 Å². The van der Waals surface area contributed by atoms with Crippen LogP contribution >= 0.6 is 0 Å². The largest absolute Gasteiger partial charge is 0.481 e. The highest BCUT2D eigenvalue weighted by molar-refractivity contribution is 5.46. The third-order valence-electron chi connectivity index (χ3n) is 5.14. The summed E-state index contributed by atoms with van der Waals surface area (Å²) in [5, 5.41) is 3.40. The number of rotatable bonds is 6. The van der Waals surface area contributed by atoms with E-state index in [9.17, 15) is 0 Å². The Bertz CT molecular complexity index is 706. The number of methoxy groups -OCH3 is 1. The monoisotopic (exact) mass is 341 g/mol. The number of nitrogens with zero attached hydrogens (tertiary/aromatic N) is 4. The van der Waals surface area contributed by atoms with Crippen molar-refractivity contribution < 1.29 is 9.47 Å². The third kappa shape index (κ3) is 3.24. The molecule has 1 N–H and O–H groups in total. The molecule has 7 heteroatoms. The highest BCUT2D eigenvalue weighted by Gasteiger charge is 2.53. The topological polar surface area (TPSA) is 72.4 Å². The van der Waals surface area contributed by atoms with E-state index in [0.717, 1.165) is 50.7 Å². The fraction of sp³-hybridized carbons (Fsp3) is 0.500. The number of aromatic nitrogens is 3. The molecule has 2 fully saturated rings. The van der Waals surface area contributed by atoms with E-state index in [4.69, 9.17) is 9.47 Å². The Morgan fingerprint density at radius 3 is 3.04 bits per heavy atom. The van der Waals surface area contributed by atoms with Crippen LogP contribution in [0.25, 0.3) is 0 Å².